The van der Waals surface area contributed by atoms with E-state index in [1.54, 1.807) is 12.4 Å². The molecule has 0 aromatic carbocycles. The molecule has 3 N–H and O–H groups in total. The summed E-state index contributed by atoms with van der Waals surface area (Å²) >= 11 is 4.82. The molecule has 18 heavy (non-hydrogen) atoms. The number of hydrogen-bond acceptors (Lipinski definition) is 4. The van der Waals surface area contributed by atoms with Crippen molar-refractivity contribution in [1.82, 2.24) is 9.97 Å². The average molecular weight is 266 g/mol. The van der Waals surface area contributed by atoms with E-state index in [1.807, 2.05) is 0 Å². The fraction of sp³-hybridized carbons (Fsp3) is 0.615. The Morgan fingerprint density at radius 3 is 2.50 bits per heavy atom. The highest BCUT2D eigenvalue weighted by Crippen LogP contribution is 2.06. The maximum Gasteiger partial charge on any atom is 0.144 e. The number of hydrogen-bond donors (Lipinski definition) is 2. The summed E-state index contributed by atoms with van der Waals surface area (Å²) in [7, 11) is 0. The molecule has 0 aliphatic rings. The van der Waals surface area contributed by atoms with Crippen LogP contribution >= 0.6 is 12.2 Å². The lowest BCUT2D eigenvalue weighted by atomic mass is 10.1. The van der Waals surface area contributed by atoms with Crippen LogP contribution < -0.4 is 11.1 Å². The van der Waals surface area contributed by atoms with Crippen LogP contribution in [0.5, 0.6) is 0 Å². The largest absolute Gasteiger partial charge is 0.388 e. The van der Waals surface area contributed by atoms with Crippen molar-refractivity contribution in [3.8, 4) is 0 Å². The highest BCUT2D eigenvalue weighted by atomic mass is 32.1. The Morgan fingerprint density at radius 1 is 1.17 bits per heavy atom. The number of aromatic nitrogens is 2. The molecule has 5 heteroatoms. The maximum absolute atomic E-state index is 5.45. The van der Waals surface area contributed by atoms with E-state index in [0.717, 1.165) is 12.4 Å². The summed E-state index contributed by atoms with van der Waals surface area (Å²) in [5.41, 5.74) is 6.02. The van der Waals surface area contributed by atoms with Gasteiger partial charge in [0.25, 0.3) is 0 Å². The Kier molecular flexibility index (Phi) is 7.25. The molecule has 0 saturated heterocycles. The monoisotopic (exact) mass is 266 g/mol. The first-order valence-electron chi connectivity index (χ1n) is 6.59. The molecule has 1 heterocycles. The number of nitrogens with zero attached hydrogens (tertiary/aromatic N) is 2. The van der Waals surface area contributed by atoms with Crippen LogP contribution in [0.25, 0.3) is 0 Å². The molecule has 0 aliphatic carbocycles. The van der Waals surface area contributed by atoms with Gasteiger partial charge in [0.2, 0.25) is 0 Å². The van der Waals surface area contributed by atoms with Gasteiger partial charge in [-0.1, -0.05) is 51.2 Å². The smallest absolute Gasteiger partial charge is 0.144 e. The molecule has 0 bridgehead atoms. The molecule has 1 aromatic rings. The minimum absolute atomic E-state index is 0.282. The van der Waals surface area contributed by atoms with Crippen LogP contribution in [0.15, 0.2) is 12.4 Å². The van der Waals surface area contributed by atoms with E-state index in [0.29, 0.717) is 5.69 Å². The predicted octanol–water partition coefficient (Wildman–Crippen LogP) is 2.88. The third-order valence-electron chi connectivity index (χ3n) is 2.74. The van der Waals surface area contributed by atoms with Crippen molar-refractivity contribution < 1.29 is 0 Å². The zero-order valence-corrected chi connectivity index (χ0v) is 11.8. The van der Waals surface area contributed by atoms with Crippen LogP contribution in [-0.4, -0.2) is 21.5 Å². The Bertz CT molecular complexity index is 351. The number of anilines is 1. The van der Waals surface area contributed by atoms with E-state index >= 15 is 0 Å². The number of thiocarbonyl (C=S) groups is 1. The Morgan fingerprint density at radius 2 is 1.89 bits per heavy atom. The van der Waals surface area contributed by atoms with Crippen molar-refractivity contribution in [2.45, 2.75) is 45.4 Å². The van der Waals surface area contributed by atoms with Gasteiger partial charge in [0, 0.05) is 6.54 Å². The molecule has 4 nitrogen and oxygen atoms in total. The van der Waals surface area contributed by atoms with Gasteiger partial charge >= 0.3 is 0 Å². The molecule has 0 saturated carbocycles. The second kappa shape index (κ2) is 8.80. The molecule has 0 radical (unpaired) electrons. The lowest BCUT2D eigenvalue weighted by molar-refractivity contribution is 0.616. The molecular weight excluding hydrogens is 244 g/mol. The standard InChI is InChI=1S/C13H22N4S/c1-2-3-4-5-6-7-8-15-12-10-16-11(9-17-12)13(14)18/h9-10H,2-8H2,1H3,(H2,14,18)(H,15,17). The lowest BCUT2D eigenvalue weighted by Crippen LogP contribution is -2.12. The summed E-state index contributed by atoms with van der Waals surface area (Å²) in [4.78, 5) is 8.61. The first-order chi connectivity index (χ1) is 8.74. The molecule has 0 amide bonds. The van der Waals surface area contributed by atoms with E-state index in [4.69, 9.17) is 18.0 Å². The molecule has 0 unspecified atom stereocenters. The van der Waals surface area contributed by atoms with Crippen LogP contribution in [0.1, 0.15) is 51.1 Å². The van der Waals surface area contributed by atoms with E-state index in [9.17, 15) is 0 Å². The molecular formula is C13H22N4S. The minimum Gasteiger partial charge on any atom is -0.388 e. The molecule has 0 atom stereocenters. The van der Waals surface area contributed by atoms with E-state index in [1.165, 1.54) is 38.5 Å². The second-order valence-electron chi connectivity index (χ2n) is 4.35. The highest BCUT2D eigenvalue weighted by molar-refractivity contribution is 7.80. The van der Waals surface area contributed by atoms with E-state index in [2.05, 4.69) is 22.2 Å². The summed E-state index contributed by atoms with van der Waals surface area (Å²) in [6.45, 7) is 3.17. The molecule has 0 spiro atoms. The number of unbranched alkanes of at least 4 members (excludes halogenated alkanes) is 5. The van der Waals surface area contributed by atoms with Crippen molar-refractivity contribution in [1.29, 1.82) is 0 Å². The first kappa shape index (κ1) is 14.8. The van der Waals surface area contributed by atoms with Gasteiger partial charge in [0.05, 0.1) is 12.4 Å². The summed E-state index contributed by atoms with van der Waals surface area (Å²) < 4.78 is 0. The summed E-state index contributed by atoms with van der Waals surface area (Å²) in [6.07, 6.45) is 11.0. The first-order valence-corrected chi connectivity index (χ1v) is 7.00. The zero-order chi connectivity index (χ0) is 13.2. The SMILES string of the molecule is CCCCCCCCNc1cnc(C(N)=S)cn1. The molecule has 0 aliphatic heterocycles. The fourth-order valence-corrected chi connectivity index (χ4v) is 1.77. The number of nitrogens with one attached hydrogen (secondary N) is 1. The van der Waals surface area contributed by atoms with Crippen molar-refractivity contribution in [3.63, 3.8) is 0 Å². The zero-order valence-electron chi connectivity index (χ0n) is 11.0. The minimum atomic E-state index is 0.282. The molecule has 100 valence electrons. The van der Waals surface area contributed by atoms with Gasteiger partial charge in [-0.05, 0) is 6.42 Å². The third kappa shape index (κ3) is 5.91. The summed E-state index contributed by atoms with van der Waals surface area (Å²) in [5.74, 6) is 0.781. The van der Waals surface area contributed by atoms with Gasteiger partial charge in [-0.15, -0.1) is 0 Å². The van der Waals surface area contributed by atoms with Crippen molar-refractivity contribution in [3.05, 3.63) is 18.1 Å². The Labute approximate surface area is 114 Å². The summed E-state index contributed by atoms with van der Waals surface area (Å²) in [5, 5.41) is 3.24. The predicted molar refractivity (Wildman–Crippen MR) is 79.8 cm³/mol. The number of rotatable bonds is 9. The van der Waals surface area contributed by atoms with Crippen LogP contribution in [0.2, 0.25) is 0 Å². The van der Waals surface area contributed by atoms with Gasteiger partial charge in [-0.3, -0.25) is 0 Å². The maximum atomic E-state index is 5.45. The normalized spacial score (nSPS) is 10.3. The van der Waals surface area contributed by atoms with Gasteiger partial charge in [0.15, 0.2) is 0 Å². The molecule has 0 fully saturated rings. The van der Waals surface area contributed by atoms with Crippen LogP contribution in [0, 0.1) is 0 Å². The Hall–Kier alpha value is -1.23. The average Bonchev–Trinajstić information content (AvgIpc) is 2.38. The van der Waals surface area contributed by atoms with Crippen molar-refractivity contribution in [2.24, 2.45) is 5.73 Å². The van der Waals surface area contributed by atoms with Crippen LogP contribution in [-0.2, 0) is 0 Å². The van der Waals surface area contributed by atoms with E-state index < -0.39 is 0 Å². The quantitative estimate of drug-likeness (QED) is 0.531. The highest BCUT2D eigenvalue weighted by Gasteiger charge is 1.99. The van der Waals surface area contributed by atoms with Gasteiger partial charge < -0.3 is 11.1 Å². The number of nitrogens with two attached hydrogens (primary N) is 1. The van der Waals surface area contributed by atoms with Crippen LogP contribution in [0.3, 0.4) is 0 Å². The van der Waals surface area contributed by atoms with Crippen molar-refractivity contribution >= 4 is 23.0 Å². The Balaban J connectivity index is 2.14. The fourth-order valence-electron chi connectivity index (χ4n) is 1.67. The third-order valence-corrected chi connectivity index (χ3v) is 2.95. The van der Waals surface area contributed by atoms with Crippen LogP contribution in [0.4, 0.5) is 5.82 Å². The second-order valence-corrected chi connectivity index (χ2v) is 4.79. The van der Waals surface area contributed by atoms with Crippen molar-refractivity contribution in [2.75, 3.05) is 11.9 Å². The molecule has 1 rings (SSSR count). The van der Waals surface area contributed by atoms with Gasteiger partial charge in [-0.25, -0.2) is 9.97 Å². The summed E-state index contributed by atoms with van der Waals surface area (Å²) in [6, 6.07) is 0. The topological polar surface area (TPSA) is 63.8 Å². The molecule has 1 aromatic heterocycles. The van der Waals surface area contributed by atoms with E-state index in [-0.39, 0.29) is 4.99 Å². The lowest BCUT2D eigenvalue weighted by Gasteiger charge is -2.05. The van der Waals surface area contributed by atoms with Gasteiger partial charge in [0.1, 0.15) is 16.5 Å². The van der Waals surface area contributed by atoms with Gasteiger partial charge in [-0.2, -0.15) is 0 Å².